The number of ether oxygens (including phenoxy) is 1. The second-order valence-corrected chi connectivity index (χ2v) is 3.05. The van der Waals surface area contributed by atoms with E-state index < -0.39 is 0 Å². The molecule has 0 amide bonds. The maximum atomic E-state index is 5.41. The van der Waals surface area contributed by atoms with Crippen LogP contribution < -0.4 is 0 Å². The number of rotatable bonds is 3. The van der Waals surface area contributed by atoms with Gasteiger partial charge in [-0.05, 0) is 18.9 Å². The van der Waals surface area contributed by atoms with Gasteiger partial charge in [-0.1, -0.05) is 37.3 Å². The van der Waals surface area contributed by atoms with E-state index in [0.717, 1.165) is 6.42 Å². The first-order chi connectivity index (χ1) is 5.73. The fourth-order valence-electron chi connectivity index (χ4n) is 1.15. The average molecular weight is 163 g/mol. The Morgan fingerprint density at radius 2 is 1.92 bits per heavy atom. The van der Waals surface area contributed by atoms with Crippen molar-refractivity contribution in [3.8, 4) is 0 Å². The van der Waals surface area contributed by atoms with E-state index in [9.17, 15) is 0 Å². The normalized spacial score (nSPS) is 15.6. The van der Waals surface area contributed by atoms with E-state index in [-0.39, 0.29) is 5.60 Å². The molecule has 0 saturated heterocycles. The van der Waals surface area contributed by atoms with Crippen molar-refractivity contribution in [2.24, 2.45) is 0 Å². The smallest absolute Gasteiger partial charge is 0.0899 e. The Morgan fingerprint density at radius 3 is 2.33 bits per heavy atom. The fourth-order valence-corrected chi connectivity index (χ4v) is 1.15. The van der Waals surface area contributed by atoms with Gasteiger partial charge in [-0.2, -0.15) is 0 Å². The highest BCUT2D eigenvalue weighted by molar-refractivity contribution is 5.21. The van der Waals surface area contributed by atoms with Crippen LogP contribution in [0.3, 0.4) is 0 Å². The van der Waals surface area contributed by atoms with E-state index in [1.54, 1.807) is 7.11 Å². The Balaban J connectivity index is 2.95. The van der Waals surface area contributed by atoms with Gasteiger partial charge in [-0.3, -0.25) is 0 Å². The van der Waals surface area contributed by atoms with Crippen molar-refractivity contribution >= 4 is 0 Å². The van der Waals surface area contributed by atoms with Crippen LogP contribution in [0.4, 0.5) is 0 Å². The lowest BCUT2D eigenvalue weighted by molar-refractivity contribution is 0.00395. The van der Waals surface area contributed by atoms with Crippen molar-refractivity contribution in [2.45, 2.75) is 18.9 Å². The monoisotopic (exact) mass is 163 g/mol. The molecule has 0 heterocycles. The molecule has 0 saturated carbocycles. The van der Waals surface area contributed by atoms with E-state index in [1.807, 2.05) is 18.2 Å². The molecule has 0 aliphatic rings. The van der Waals surface area contributed by atoms with Gasteiger partial charge in [-0.15, -0.1) is 0 Å². The highest BCUT2D eigenvalue weighted by Gasteiger charge is 2.22. The van der Waals surface area contributed by atoms with Crippen LogP contribution in [0.25, 0.3) is 0 Å². The maximum absolute atomic E-state index is 5.41. The summed E-state index contributed by atoms with van der Waals surface area (Å²) < 4.78 is 5.41. The molecule has 0 aliphatic carbocycles. The van der Waals surface area contributed by atoms with Crippen LogP contribution >= 0.6 is 0 Å². The third kappa shape index (κ3) is 1.67. The second kappa shape index (κ2) is 3.72. The van der Waals surface area contributed by atoms with Gasteiger partial charge in [0.1, 0.15) is 0 Å². The van der Waals surface area contributed by atoms with Gasteiger partial charge in [0, 0.05) is 7.11 Å². The minimum atomic E-state index is -0.235. The third-order valence-electron chi connectivity index (χ3n) is 2.31. The molecule has 0 spiro atoms. The zero-order valence-corrected chi connectivity index (χ0v) is 7.71. The summed E-state index contributed by atoms with van der Waals surface area (Å²) in [5, 5.41) is 0. The maximum Gasteiger partial charge on any atom is 0.0899 e. The molecule has 1 radical (unpaired) electrons. The Hall–Kier alpha value is -0.820. The van der Waals surface area contributed by atoms with E-state index >= 15 is 0 Å². The van der Waals surface area contributed by atoms with Gasteiger partial charge in [0.25, 0.3) is 0 Å². The van der Waals surface area contributed by atoms with Gasteiger partial charge in [0.2, 0.25) is 0 Å². The molecule has 1 aromatic carbocycles. The summed E-state index contributed by atoms with van der Waals surface area (Å²) in [6, 6.07) is 10.2. The molecular formula is C11H15O. The van der Waals surface area contributed by atoms with Gasteiger partial charge in [0.05, 0.1) is 5.60 Å². The first-order valence-corrected chi connectivity index (χ1v) is 4.13. The van der Waals surface area contributed by atoms with Crippen molar-refractivity contribution in [3.05, 3.63) is 42.8 Å². The summed E-state index contributed by atoms with van der Waals surface area (Å²) in [7, 11) is 1.72. The molecule has 0 bridgehead atoms. The van der Waals surface area contributed by atoms with Crippen molar-refractivity contribution in [3.63, 3.8) is 0 Å². The van der Waals surface area contributed by atoms with E-state index in [1.165, 1.54) is 5.56 Å². The van der Waals surface area contributed by atoms with Crippen LogP contribution in [0.15, 0.2) is 30.3 Å². The summed E-state index contributed by atoms with van der Waals surface area (Å²) in [6.07, 6.45) is 0.744. The Labute approximate surface area is 74.4 Å². The molecule has 0 fully saturated rings. The van der Waals surface area contributed by atoms with E-state index in [2.05, 4.69) is 26.0 Å². The molecule has 65 valence electrons. The van der Waals surface area contributed by atoms with Crippen molar-refractivity contribution < 1.29 is 4.74 Å². The van der Waals surface area contributed by atoms with Gasteiger partial charge in [0.15, 0.2) is 0 Å². The Morgan fingerprint density at radius 1 is 1.33 bits per heavy atom. The standard InChI is InChI=1S/C11H15O/c1-4-11(2,12-3)10-8-6-5-7-9-10/h5-9H,1,4H2,2-3H3. The molecule has 0 aliphatic heterocycles. The predicted octanol–water partition coefficient (Wildman–Crippen LogP) is 2.77. The SMILES string of the molecule is [CH2]CC(C)(OC)c1ccccc1. The number of hydrogen-bond acceptors (Lipinski definition) is 1. The summed E-state index contributed by atoms with van der Waals surface area (Å²) in [4.78, 5) is 0. The van der Waals surface area contributed by atoms with Crippen molar-refractivity contribution in [1.29, 1.82) is 0 Å². The summed E-state index contributed by atoms with van der Waals surface area (Å²) >= 11 is 0. The van der Waals surface area contributed by atoms with Gasteiger partial charge >= 0.3 is 0 Å². The number of methoxy groups -OCH3 is 1. The Kier molecular flexibility index (Phi) is 2.88. The second-order valence-electron chi connectivity index (χ2n) is 3.05. The first kappa shape index (κ1) is 9.27. The van der Waals surface area contributed by atoms with Gasteiger partial charge in [-0.25, -0.2) is 0 Å². The van der Waals surface area contributed by atoms with Crippen LogP contribution in [-0.4, -0.2) is 7.11 Å². The zero-order chi connectivity index (χ0) is 9.03. The number of benzene rings is 1. The van der Waals surface area contributed by atoms with Crippen LogP contribution in [0.1, 0.15) is 18.9 Å². The highest BCUT2D eigenvalue weighted by atomic mass is 16.5. The minimum absolute atomic E-state index is 0.235. The lowest BCUT2D eigenvalue weighted by Gasteiger charge is -2.26. The number of hydrogen-bond donors (Lipinski definition) is 0. The quantitative estimate of drug-likeness (QED) is 0.665. The van der Waals surface area contributed by atoms with Crippen molar-refractivity contribution in [1.82, 2.24) is 0 Å². The largest absolute Gasteiger partial charge is 0.374 e. The molecule has 1 atom stereocenters. The van der Waals surface area contributed by atoms with E-state index in [4.69, 9.17) is 4.74 Å². The summed E-state index contributed by atoms with van der Waals surface area (Å²) in [6.45, 7) is 5.93. The lowest BCUT2D eigenvalue weighted by Crippen LogP contribution is -2.22. The van der Waals surface area contributed by atoms with Crippen molar-refractivity contribution in [2.75, 3.05) is 7.11 Å². The lowest BCUT2D eigenvalue weighted by atomic mass is 9.93. The van der Waals surface area contributed by atoms with Crippen LogP contribution in [0, 0.1) is 6.92 Å². The minimum Gasteiger partial charge on any atom is -0.374 e. The molecular weight excluding hydrogens is 148 g/mol. The summed E-state index contributed by atoms with van der Waals surface area (Å²) in [5.74, 6) is 0. The molecule has 1 unspecified atom stereocenters. The van der Waals surface area contributed by atoms with E-state index in [0.29, 0.717) is 0 Å². The molecule has 1 heteroatoms. The van der Waals surface area contributed by atoms with Crippen LogP contribution in [0.2, 0.25) is 0 Å². The molecule has 12 heavy (non-hydrogen) atoms. The topological polar surface area (TPSA) is 9.23 Å². The third-order valence-corrected chi connectivity index (χ3v) is 2.31. The molecule has 1 aromatic rings. The molecule has 1 rings (SSSR count). The zero-order valence-electron chi connectivity index (χ0n) is 7.71. The van der Waals surface area contributed by atoms with Gasteiger partial charge < -0.3 is 4.74 Å². The molecule has 1 nitrogen and oxygen atoms in total. The van der Waals surface area contributed by atoms with Crippen LogP contribution in [0.5, 0.6) is 0 Å². The molecule has 0 aromatic heterocycles. The fraction of sp³-hybridized carbons (Fsp3) is 0.364. The van der Waals surface area contributed by atoms with Crippen LogP contribution in [-0.2, 0) is 10.3 Å². The summed E-state index contributed by atoms with van der Waals surface area (Å²) in [5.41, 5.74) is 0.948. The Bertz CT molecular complexity index is 224. The predicted molar refractivity (Wildman–Crippen MR) is 50.8 cm³/mol. The first-order valence-electron chi connectivity index (χ1n) is 4.13. The molecule has 0 N–H and O–H groups in total. The average Bonchev–Trinajstić information content (AvgIpc) is 2.18. The highest BCUT2D eigenvalue weighted by Crippen LogP contribution is 2.27.